The molecule has 0 heterocycles. The molecule has 0 saturated heterocycles. The lowest BCUT2D eigenvalue weighted by Gasteiger charge is -2.16. The average Bonchev–Trinajstić information content (AvgIpc) is 2.23. The molecule has 0 bridgehead atoms. The van der Waals surface area contributed by atoms with E-state index < -0.39 is 0 Å². The standard InChI is InChI=1S/C13H19BrN2S/c1-4-5-10(3)15-13(17)16-11-6-7-12(14)9(2)8-11/h6-8,10H,4-5H2,1-3H3,(H2,15,16,17). The summed E-state index contributed by atoms with van der Waals surface area (Å²) in [4.78, 5) is 0. The van der Waals surface area contributed by atoms with Gasteiger partial charge in [-0.2, -0.15) is 0 Å². The van der Waals surface area contributed by atoms with Crippen LogP contribution < -0.4 is 10.6 Å². The van der Waals surface area contributed by atoms with Gasteiger partial charge in [0.05, 0.1) is 0 Å². The normalized spacial score (nSPS) is 12.0. The lowest BCUT2D eigenvalue weighted by Crippen LogP contribution is -2.35. The summed E-state index contributed by atoms with van der Waals surface area (Å²) in [6, 6.07) is 6.52. The number of hydrogen-bond donors (Lipinski definition) is 2. The summed E-state index contributed by atoms with van der Waals surface area (Å²) >= 11 is 8.75. The van der Waals surface area contributed by atoms with Gasteiger partial charge in [-0.15, -0.1) is 0 Å². The topological polar surface area (TPSA) is 24.1 Å². The minimum Gasteiger partial charge on any atom is -0.360 e. The van der Waals surface area contributed by atoms with Gasteiger partial charge in [0.25, 0.3) is 0 Å². The molecule has 0 aliphatic rings. The van der Waals surface area contributed by atoms with Crippen LogP contribution in [-0.2, 0) is 0 Å². The molecule has 0 saturated carbocycles. The number of aryl methyl sites for hydroxylation is 1. The van der Waals surface area contributed by atoms with Gasteiger partial charge in [0.2, 0.25) is 0 Å². The first kappa shape index (κ1) is 14.5. The molecule has 1 aromatic carbocycles. The van der Waals surface area contributed by atoms with Crippen LogP contribution in [0.15, 0.2) is 22.7 Å². The van der Waals surface area contributed by atoms with E-state index in [1.54, 1.807) is 0 Å². The Morgan fingerprint density at radius 3 is 2.76 bits per heavy atom. The van der Waals surface area contributed by atoms with Crippen LogP contribution in [0.5, 0.6) is 0 Å². The Morgan fingerprint density at radius 1 is 1.47 bits per heavy atom. The summed E-state index contributed by atoms with van der Waals surface area (Å²) in [5, 5.41) is 7.16. The van der Waals surface area contributed by atoms with E-state index in [1.807, 2.05) is 12.1 Å². The van der Waals surface area contributed by atoms with Crippen LogP contribution in [0.3, 0.4) is 0 Å². The molecule has 0 spiro atoms. The summed E-state index contributed by atoms with van der Waals surface area (Å²) in [6.45, 7) is 6.38. The minimum atomic E-state index is 0.413. The van der Waals surface area contributed by atoms with Gasteiger partial charge in [0.1, 0.15) is 0 Å². The largest absolute Gasteiger partial charge is 0.360 e. The molecule has 0 radical (unpaired) electrons. The van der Waals surface area contributed by atoms with Crippen molar-refractivity contribution >= 4 is 38.9 Å². The second-order valence-electron chi connectivity index (χ2n) is 4.25. The highest BCUT2D eigenvalue weighted by Crippen LogP contribution is 2.19. The Labute approximate surface area is 117 Å². The van der Waals surface area contributed by atoms with Crippen molar-refractivity contribution in [3.8, 4) is 0 Å². The maximum atomic E-state index is 5.27. The van der Waals surface area contributed by atoms with E-state index in [0.717, 1.165) is 23.0 Å². The fraction of sp³-hybridized carbons (Fsp3) is 0.462. The van der Waals surface area contributed by atoms with E-state index in [4.69, 9.17) is 12.2 Å². The van der Waals surface area contributed by atoms with E-state index in [9.17, 15) is 0 Å². The number of benzene rings is 1. The summed E-state index contributed by atoms with van der Waals surface area (Å²) in [5.74, 6) is 0. The molecule has 94 valence electrons. The summed E-state index contributed by atoms with van der Waals surface area (Å²) < 4.78 is 1.11. The molecule has 1 rings (SSSR count). The van der Waals surface area contributed by atoms with Crippen LogP contribution in [0.1, 0.15) is 32.3 Å². The van der Waals surface area contributed by atoms with Crippen LogP contribution in [0.25, 0.3) is 0 Å². The number of nitrogens with one attached hydrogen (secondary N) is 2. The molecule has 4 heteroatoms. The Balaban J connectivity index is 2.53. The van der Waals surface area contributed by atoms with E-state index in [-0.39, 0.29) is 0 Å². The first-order valence-corrected chi connectivity index (χ1v) is 7.06. The van der Waals surface area contributed by atoms with Gasteiger partial charge in [0, 0.05) is 16.2 Å². The van der Waals surface area contributed by atoms with Gasteiger partial charge in [-0.05, 0) is 56.2 Å². The molecule has 0 fully saturated rings. The van der Waals surface area contributed by atoms with Crippen molar-refractivity contribution in [2.24, 2.45) is 0 Å². The fourth-order valence-electron chi connectivity index (χ4n) is 1.62. The second kappa shape index (κ2) is 6.97. The van der Waals surface area contributed by atoms with Crippen LogP contribution >= 0.6 is 28.1 Å². The van der Waals surface area contributed by atoms with E-state index in [1.165, 1.54) is 5.56 Å². The van der Waals surface area contributed by atoms with Gasteiger partial charge in [-0.25, -0.2) is 0 Å². The Hall–Kier alpha value is -0.610. The van der Waals surface area contributed by atoms with Gasteiger partial charge in [-0.1, -0.05) is 29.3 Å². The maximum Gasteiger partial charge on any atom is 0.170 e. The molecule has 1 unspecified atom stereocenters. The summed E-state index contributed by atoms with van der Waals surface area (Å²) in [6.07, 6.45) is 2.29. The van der Waals surface area contributed by atoms with Crippen LogP contribution in [0.2, 0.25) is 0 Å². The van der Waals surface area contributed by atoms with Crippen molar-refractivity contribution in [3.05, 3.63) is 28.2 Å². The third-order valence-corrected chi connectivity index (χ3v) is 3.62. The molecule has 1 atom stereocenters. The SMILES string of the molecule is CCCC(C)NC(=S)Nc1ccc(Br)c(C)c1. The smallest absolute Gasteiger partial charge is 0.170 e. The van der Waals surface area contributed by atoms with Crippen molar-refractivity contribution in [2.75, 3.05) is 5.32 Å². The second-order valence-corrected chi connectivity index (χ2v) is 5.51. The predicted molar refractivity (Wildman–Crippen MR) is 82.6 cm³/mol. The minimum absolute atomic E-state index is 0.413. The van der Waals surface area contributed by atoms with Crippen LogP contribution in [-0.4, -0.2) is 11.2 Å². The Kier molecular flexibility index (Phi) is 5.92. The molecule has 2 nitrogen and oxygen atoms in total. The van der Waals surface area contributed by atoms with Crippen molar-refractivity contribution < 1.29 is 0 Å². The van der Waals surface area contributed by atoms with E-state index in [0.29, 0.717) is 11.2 Å². The number of hydrogen-bond acceptors (Lipinski definition) is 1. The number of rotatable bonds is 4. The van der Waals surface area contributed by atoms with E-state index >= 15 is 0 Å². The zero-order valence-corrected chi connectivity index (χ0v) is 12.9. The van der Waals surface area contributed by atoms with Crippen molar-refractivity contribution in [1.29, 1.82) is 0 Å². The lowest BCUT2D eigenvalue weighted by molar-refractivity contribution is 0.599. The highest BCUT2D eigenvalue weighted by molar-refractivity contribution is 9.10. The molecule has 17 heavy (non-hydrogen) atoms. The van der Waals surface area contributed by atoms with Crippen LogP contribution in [0, 0.1) is 6.92 Å². The van der Waals surface area contributed by atoms with Crippen molar-refractivity contribution in [3.63, 3.8) is 0 Å². The number of halogens is 1. The molecular weight excluding hydrogens is 296 g/mol. The van der Waals surface area contributed by atoms with Gasteiger partial charge < -0.3 is 10.6 Å². The highest BCUT2D eigenvalue weighted by Gasteiger charge is 2.04. The number of anilines is 1. The third kappa shape index (κ3) is 5.04. The van der Waals surface area contributed by atoms with Gasteiger partial charge >= 0.3 is 0 Å². The monoisotopic (exact) mass is 314 g/mol. The summed E-state index contributed by atoms with van der Waals surface area (Å²) in [5.41, 5.74) is 2.21. The third-order valence-electron chi connectivity index (χ3n) is 2.51. The van der Waals surface area contributed by atoms with E-state index in [2.05, 4.69) is 53.4 Å². The molecule has 1 aromatic rings. The molecular formula is C13H19BrN2S. The predicted octanol–water partition coefficient (Wildman–Crippen LogP) is 4.23. The zero-order chi connectivity index (χ0) is 12.8. The Morgan fingerprint density at radius 2 is 2.18 bits per heavy atom. The number of thiocarbonyl (C=S) groups is 1. The maximum absolute atomic E-state index is 5.27. The fourth-order valence-corrected chi connectivity index (χ4v) is 2.18. The molecule has 0 amide bonds. The average molecular weight is 315 g/mol. The summed E-state index contributed by atoms with van der Waals surface area (Å²) in [7, 11) is 0. The first-order valence-electron chi connectivity index (χ1n) is 5.86. The van der Waals surface area contributed by atoms with Crippen LogP contribution in [0.4, 0.5) is 5.69 Å². The van der Waals surface area contributed by atoms with Gasteiger partial charge in [-0.3, -0.25) is 0 Å². The first-order chi connectivity index (χ1) is 8.02. The quantitative estimate of drug-likeness (QED) is 0.813. The Bertz CT molecular complexity index is 393. The highest BCUT2D eigenvalue weighted by atomic mass is 79.9. The zero-order valence-electron chi connectivity index (χ0n) is 10.5. The van der Waals surface area contributed by atoms with Crippen molar-refractivity contribution in [2.45, 2.75) is 39.7 Å². The molecule has 0 aromatic heterocycles. The lowest BCUT2D eigenvalue weighted by atomic mass is 10.2. The molecule has 2 N–H and O–H groups in total. The molecule has 0 aliphatic carbocycles. The van der Waals surface area contributed by atoms with Crippen molar-refractivity contribution in [1.82, 2.24) is 5.32 Å². The molecule has 0 aliphatic heterocycles. The van der Waals surface area contributed by atoms with Gasteiger partial charge in [0.15, 0.2) is 5.11 Å².